The average Bonchev–Trinajstić information content (AvgIpc) is 3.49. The van der Waals surface area contributed by atoms with Crippen LogP contribution in [0.15, 0.2) is 146 Å². The number of hydrogen-bond acceptors (Lipinski definition) is 6. The van der Waals surface area contributed by atoms with Gasteiger partial charge in [0.1, 0.15) is 13.2 Å². The minimum absolute atomic E-state index is 0.114. The van der Waals surface area contributed by atoms with Crippen molar-refractivity contribution in [3.63, 3.8) is 0 Å². The van der Waals surface area contributed by atoms with Crippen molar-refractivity contribution in [3.8, 4) is 0 Å². The molecule has 0 aromatic heterocycles. The fraction of sp³-hybridized carbons (Fsp3) is 0.649. The second-order valence-corrected chi connectivity index (χ2v) is 22.3. The van der Waals surface area contributed by atoms with Gasteiger partial charge in [-0.15, -0.1) is 0 Å². The van der Waals surface area contributed by atoms with Gasteiger partial charge < -0.3 is 14.2 Å². The van der Waals surface area contributed by atoms with E-state index in [0.717, 1.165) is 109 Å². The van der Waals surface area contributed by atoms with E-state index >= 15 is 0 Å². The van der Waals surface area contributed by atoms with Gasteiger partial charge in [-0.1, -0.05) is 308 Å². The molecule has 0 N–H and O–H groups in total. The molecule has 0 radical (unpaired) electrons. The number of esters is 3. The molecule has 0 rings (SSSR count). The third-order valence-electron chi connectivity index (χ3n) is 14.3. The normalized spacial score (nSPS) is 13.0. The monoisotopic (exact) mass is 1150 g/mol. The van der Waals surface area contributed by atoms with Crippen molar-refractivity contribution in [1.82, 2.24) is 0 Å². The molecule has 0 spiro atoms. The van der Waals surface area contributed by atoms with Crippen LogP contribution in [0.25, 0.3) is 0 Å². The highest BCUT2D eigenvalue weighted by atomic mass is 16.6. The standard InChI is InChI=1S/C77H126O6/c1-4-7-10-13-16-19-22-25-28-30-32-34-36-37-38-39-41-42-44-46-49-52-55-58-61-64-67-70-76(79)82-73-74(72-81-75(78)69-66-63-60-57-54-51-48-27-24-21-18-15-12-9-6-3)83-77(80)71-68-65-62-59-56-53-50-47-45-43-40-35-33-31-29-26-23-20-17-14-11-8-5-2/h8-9,11-12,17-18,20-22,25-27,29-30,32-33,35-37,48,54,57,63,66,74H,4-7,10,13-16,19,23-24,28,31,34,38-47,49-53,55-56,58-62,64-65,67-73H2,1-3H3/b11-8-,12-9-,20-17-,21-18-,25-22-,29-26-,32-30-,35-33-,37-36-,48-27-,57-54-,66-63-. The van der Waals surface area contributed by atoms with Crippen molar-refractivity contribution >= 4 is 17.9 Å². The molecule has 0 aliphatic rings. The summed E-state index contributed by atoms with van der Waals surface area (Å²) in [6.45, 7) is 6.33. The van der Waals surface area contributed by atoms with Crippen LogP contribution < -0.4 is 0 Å². The van der Waals surface area contributed by atoms with Crippen LogP contribution >= 0.6 is 0 Å². The van der Waals surface area contributed by atoms with Crippen molar-refractivity contribution in [3.05, 3.63) is 146 Å². The molecule has 470 valence electrons. The van der Waals surface area contributed by atoms with Crippen LogP contribution in [0.4, 0.5) is 0 Å². The molecule has 0 aliphatic heterocycles. The lowest BCUT2D eigenvalue weighted by molar-refractivity contribution is -0.166. The summed E-state index contributed by atoms with van der Waals surface area (Å²) in [6, 6.07) is 0. The van der Waals surface area contributed by atoms with Crippen molar-refractivity contribution < 1.29 is 28.6 Å². The average molecular weight is 1150 g/mol. The Morgan fingerprint density at radius 2 is 0.518 bits per heavy atom. The van der Waals surface area contributed by atoms with E-state index in [2.05, 4.69) is 154 Å². The van der Waals surface area contributed by atoms with Gasteiger partial charge in [-0.25, -0.2) is 0 Å². The number of rotatable bonds is 61. The summed E-state index contributed by atoms with van der Waals surface area (Å²) < 4.78 is 16.9. The van der Waals surface area contributed by atoms with E-state index in [1.54, 1.807) is 6.08 Å². The summed E-state index contributed by atoms with van der Waals surface area (Å²) in [7, 11) is 0. The predicted octanol–water partition coefficient (Wildman–Crippen LogP) is 23.9. The van der Waals surface area contributed by atoms with Crippen LogP contribution in [0.1, 0.15) is 303 Å². The second kappa shape index (κ2) is 69.8. The molecule has 6 heteroatoms. The Kier molecular flexibility index (Phi) is 65.8. The lowest BCUT2D eigenvalue weighted by Crippen LogP contribution is -2.30. The Hall–Kier alpha value is -4.71. The van der Waals surface area contributed by atoms with Crippen molar-refractivity contribution in [2.24, 2.45) is 0 Å². The van der Waals surface area contributed by atoms with E-state index in [1.807, 2.05) is 6.08 Å². The Bertz CT molecular complexity index is 1800. The summed E-state index contributed by atoms with van der Waals surface area (Å²) >= 11 is 0. The number of carbonyl (C=O) groups excluding carboxylic acids is 3. The Morgan fingerprint density at radius 3 is 0.843 bits per heavy atom. The summed E-state index contributed by atoms with van der Waals surface area (Å²) in [5.74, 6) is -1.05. The van der Waals surface area contributed by atoms with E-state index in [1.165, 1.54) is 154 Å². The van der Waals surface area contributed by atoms with Crippen LogP contribution in [0.5, 0.6) is 0 Å². The van der Waals surface area contributed by atoms with Crippen LogP contribution in [0.2, 0.25) is 0 Å². The molecule has 0 heterocycles. The highest BCUT2D eigenvalue weighted by Gasteiger charge is 2.19. The summed E-state index contributed by atoms with van der Waals surface area (Å²) in [4.78, 5) is 38.4. The Morgan fingerprint density at radius 1 is 0.265 bits per heavy atom. The number of carbonyl (C=O) groups is 3. The molecule has 0 fully saturated rings. The van der Waals surface area contributed by atoms with Crippen molar-refractivity contribution in [2.45, 2.75) is 309 Å². The van der Waals surface area contributed by atoms with E-state index in [0.29, 0.717) is 12.8 Å². The third-order valence-corrected chi connectivity index (χ3v) is 14.3. The molecule has 0 aromatic carbocycles. The van der Waals surface area contributed by atoms with Gasteiger partial charge in [0.2, 0.25) is 0 Å². The molecule has 1 atom stereocenters. The lowest BCUT2D eigenvalue weighted by Gasteiger charge is -2.18. The van der Waals surface area contributed by atoms with Crippen molar-refractivity contribution in [2.75, 3.05) is 13.2 Å². The first-order chi connectivity index (χ1) is 41.0. The molecule has 0 saturated carbocycles. The molecule has 1 unspecified atom stereocenters. The van der Waals surface area contributed by atoms with Crippen LogP contribution in [0.3, 0.4) is 0 Å². The topological polar surface area (TPSA) is 78.9 Å². The zero-order chi connectivity index (χ0) is 59.9. The highest BCUT2D eigenvalue weighted by molar-refractivity contribution is 5.72. The first kappa shape index (κ1) is 78.3. The van der Waals surface area contributed by atoms with Crippen LogP contribution in [-0.2, 0) is 28.6 Å². The molecule has 6 nitrogen and oxygen atoms in total. The highest BCUT2D eigenvalue weighted by Crippen LogP contribution is 2.16. The minimum Gasteiger partial charge on any atom is -0.462 e. The number of ether oxygens (including phenoxy) is 3. The van der Waals surface area contributed by atoms with Crippen LogP contribution in [0, 0.1) is 0 Å². The van der Waals surface area contributed by atoms with Gasteiger partial charge in [0.25, 0.3) is 0 Å². The number of unbranched alkanes of at least 4 members (excludes halogenated alkanes) is 27. The molecule has 0 aromatic rings. The van der Waals surface area contributed by atoms with Gasteiger partial charge in [0, 0.05) is 12.8 Å². The van der Waals surface area contributed by atoms with E-state index < -0.39 is 12.1 Å². The summed E-state index contributed by atoms with van der Waals surface area (Å²) in [5, 5.41) is 0. The molecular weight excluding hydrogens is 1020 g/mol. The van der Waals surface area contributed by atoms with Gasteiger partial charge in [0.15, 0.2) is 6.10 Å². The van der Waals surface area contributed by atoms with E-state index in [9.17, 15) is 14.4 Å². The SMILES string of the molecule is CC/C=C\C/C=C\C/C=C\C/C=C\C/C=C\CC(=O)OCC(COC(=O)CCCCCCCCCCCCCC/C=C\C/C=C\C/C=C\CCCCCCC)OC(=O)CCCCCCCCCCCC/C=C\C/C=C\C/C=C\C/C=C\CC. The fourth-order valence-corrected chi connectivity index (χ4v) is 9.28. The predicted molar refractivity (Wildman–Crippen MR) is 362 cm³/mol. The van der Waals surface area contributed by atoms with Gasteiger partial charge in [0.05, 0.1) is 6.42 Å². The van der Waals surface area contributed by atoms with Gasteiger partial charge in [-0.05, 0) is 122 Å². The minimum atomic E-state index is -0.829. The van der Waals surface area contributed by atoms with E-state index in [-0.39, 0.29) is 31.6 Å². The number of allylic oxidation sites excluding steroid dienone is 23. The van der Waals surface area contributed by atoms with Crippen molar-refractivity contribution in [1.29, 1.82) is 0 Å². The molecule has 0 saturated heterocycles. The fourth-order valence-electron chi connectivity index (χ4n) is 9.28. The maximum atomic E-state index is 12.9. The van der Waals surface area contributed by atoms with Crippen LogP contribution in [-0.4, -0.2) is 37.2 Å². The Balaban J connectivity index is 4.41. The summed E-state index contributed by atoms with van der Waals surface area (Å²) in [5.41, 5.74) is 0. The van der Waals surface area contributed by atoms with Gasteiger partial charge in [-0.3, -0.25) is 14.4 Å². The second-order valence-electron chi connectivity index (χ2n) is 22.3. The summed E-state index contributed by atoms with van der Waals surface area (Å²) in [6.07, 6.45) is 100. The van der Waals surface area contributed by atoms with Gasteiger partial charge >= 0.3 is 17.9 Å². The zero-order valence-corrected chi connectivity index (χ0v) is 53.9. The maximum absolute atomic E-state index is 12.9. The van der Waals surface area contributed by atoms with E-state index in [4.69, 9.17) is 14.2 Å². The van der Waals surface area contributed by atoms with Gasteiger partial charge in [-0.2, -0.15) is 0 Å². The molecule has 0 amide bonds. The smallest absolute Gasteiger partial charge is 0.309 e. The molecule has 0 bridgehead atoms. The first-order valence-corrected chi connectivity index (χ1v) is 34.3. The number of hydrogen-bond donors (Lipinski definition) is 0. The Labute approximate surface area is 512 Å². The quantitative estimate of drug-likeness (QED) is 0.0261. The molecule has 0 aliphatic carbocycles. The maximum Gasteiger partial charge on any atom is 0.309 e. The zero-order valence-electron chi connectivity index (χ0n) is 53.9. The first-order valence-electron chi connectivity index (χ1n) is 34.3. The molecular formula is C77H126O6. The molecule has 83 heavy (non-hydrogen) atoms. The largest absolute Gasteiger partial charge is 0.462 e. The lowest BCUT2D eigenvalue weighted by atomic mass is 10.0. The third kappa shape index (κ3) is 68.0.